The average molecular weight is 298 g/mol. The first-order valence-corrected chi connectivity index (χ1v) is 6.16. The van der Waals surface area contributed by atoms with Crippen molar-refractivity contribution in [1.82, 2.24) is 4.98 Å². The molecule has 106 valence electrons. The molecule has 0 aliphatic heterocycles. The summed E-state index contributed by atoms with van der Waals surface area (Å²) in [5.41, 5.74) is 0. The van der Waals surface area contributed by atoms with Crippen LogP contribution in [0.4, 0.5) is 4.79 Å². The van der Waals surface area contributed by atoms with Gasteiger partial charge in [-0.15, -0.1) is 0 Å². The van der Waals surface area contributed by atoms with Gasteiger partial charge in [-0.25, -0.2) is 4.79 Å². The van der Waals surface area contributed by atoms with E-state index in [1.54, 1.807) is 18.2 Å². The van der Waals surface area contributed by atoms with Crippen molar-refractivity contribution < 1.29 is 24.5 Å². The van der Waals surface area contributed by atoms with Crippen LogP contribution in [0.1, 0.15) is 13.8 Å². The fraction of sp³-hybridized carbons (Fsp3) is 0.231. The summed E-state index contributed by atoms with van der Waals surface area (Å²) in [7, 11) is 0. The molecule has 20 heavy (non-hydrogen) atoms. The zero-order valence-corrected chi connectivity index (χ0v) is 11.5. The third kappa shape index (κ3) is 2.85. The summed E-state index contributed by atoms with van der Waals surface area (Å²) < 4.78 is 9.89. The molecular weight excluding hydrogens is 286 g/mol. The van der Waals surface area contributed by atoms with Gasteiger partial charge in [-0.3, -0.25) is 0 Å². The molecule has 0 atom stereocenters. The van der Waals surface area contributed by atoms with Crippen LogP contribution in [0.2, 0.25) is 5.15 Å². The topological polar surface area (TPSA) is 88.9 Å². The molecule has 7 heteroatoms. The number of pyridine rings is 1. The molecule has 0 saturated heterocycles. The van der Waals surface area contributed by atoms with Gasteiger partial charge >= 0.3 is 6.16 Å². The summed E-state index contributed by atoms with van der Waals surface area (Å²) in [6.07, 6.45) is -1.63. The van der Waals surface area contributed by atoms with Gasteiger partial charge in [0.15, 0.2) is 5.75 Å². The van der Waals surface area contributed by atoms with E-state index in [1.807, 2.05) is 13.8 Å². The number of benzene rings is 1. The van der Waals surface area contributed by atoms with Gasteiger partial charge in [-0.05, 0) is 32.0 Å². The summed E-state index contributed by atoms with van der Waals surface area (Å²) in [4.78, 5) is 14.2. The van der Waals surface area contributed by atoms with E-state index in [2.05, 4.69) is 9.72 Å². The van der Waals surface area contributed by atoms with E-state index in [0.29, 0.717) is 16.5 Å². The number of hydrogen-bond donors (Lipinski definition) is 2. The molecule has 0 spiro atoms. The predicted molar refractivity (Wildman–Crippen MR) is 72.8 cm³/mol. The van der Waals surface area contributed by atoms with Crippen molar-refractivity contribution in [3.8, 4) is 17.4 Å². The second-order valence-corrected chi connectivity index (χ2v) is 4.66. The van der Waals surface area contributed by atoms with Crippen LogP contribution in [0.5, 0.6) is 17.4 Å². The Morgan fingerprint density at radius 1 is 1.35 bits per heavy atom. The fourth-order valence-corrected chi connectivity index (χ4v) is 1.96. The monoisotopic (exact) mass is 297 g/mol. The smallest absolute Gasteiger partial charge is 0.503 e. The summed E-state index contributed by atoms with van der Waals surface area (Å²) in [6, 6.07) is 4.87. The van der Waals surface area contributed by atoms with Gasteiger partial charge in [-0.1, -0.05) is 11.6 Å². The lowest BCUT2D eigenvalue weighted by Gasteiger charge is -2.12. The Hall–Kier alpha value is -2.21. The van der Waals surface area contributed by atoms with Gasteiger partial charge in [0.2, 0.25) is 0 Å². The number of ether oxygens (including phenoxy) is 2. The van der Waals surface area contributed by atoms with E-state index in [9.17, 15) is 9.90 Å². The zero-order valence-electron chi connectivity index (χ0n) is 10.8. The van der Waals surface area contributed by atoms with Crippen LogP contribution >= 0.6 is 11.6 Å². The SMILES string of the molecule is CC(C)Oc1ccc2c(Cl)nc(OC(=O)O)c(O)c2c1. The number of aromatic hydroxyl groups is 1. The Balaban J connectivity index is 2.59. The molecule has 0 aliphatic carbocycles. The lowest BCUT2D eigenvalue weighted by molar-refractivity contribution is 0.141. The number of aromatic nitrogens is 1. The van der Waals surface area contributed by atoms with Gasteiger partial charge in [0.05, 0.1) is 6.10 Å². The van der Waals surface area contributed by atoms with Crippen LogP contribution in [-0.4, -0.2) is 27.5 Å². The quantitative estimate of drug-likeness (QED) is 0.666. The zero-order chi connectivity index (χ0) is 14.9. The number of hydrogen-bond acceptors (Lipinski definition) is 5. The standard InChI is InChI=1S/C13H12ClNO5/c1-6(2)19-7-3-4-8-9(5-7)10(16)12(15-11(8)14)20-13(17)18/h3-6,16H,1-2H3,(H,17,18). The molecule has 0 radical (unpaired) electrons. The molecule has 1 aromatic heterocycles. The molecule has 0 fully saturated rings. The van der Waals surface area contributed by atoms with E-state index < -0.39 is 17.8 Å². The van der Waals surface area contributed by atoms with Crippen LogP contribution < -0.4 is 9.47 Å². The van der Waals surface area contributed by atoms with Crippen molar-refractivity contribution in [2.45, 2.75) is 20.0 Å². The summed E-state index contributed by atoms with van der Waals surface area (Å²) in [5, 5.41) is 19.4. The number of carbonyl (C=O) groups is 1. The molecule has 0 amide bonds. The van der Waals surface area contributed by atoms with Gasteiger partial charge < -0.3 is 19.7 Å². The second kappa shape index (κ2) is 5.42. The Morgan fingerprint density at radius 3 is 2.65 bits per heavy atom. The van der Waals surface area contributed by atoms with Crippen molar-refractivity contribution in [3.05, 3.63) is 23.4 Å². The molecule has 1 heterocycles. The Bertz CT molecular complexity index is 671. The highest BCUT2D eigenvalue weighted by Crippen LogP contribution is 2.38. The average Bonchev–Trinajstić information content (AvgIpc) is 2.34. The summed E-state index contributed by atoms with van der Waals surface area (Å²) in [6.45, 7) is 3.73. The summed E-state index contributed by atoms with van der Waals surface area (Å²) >= 11 is 5.94. The van der Waals surface area contributed by atoms with Crippen molar-refractivity contribution in [1.29, 1.82) is 0 Å². The third-order valence-corrected chi connectivity index (χ3v) is 2.71. The first-order chi connectivity index (χ1) is 9.38. The Kier molecular flexibility index (Phi) is 3.85. The maximum atomic E-state index is 10.5. The van der Waals surface area contributed by atoms with E-state index in [4.69, 9.17) is 21.4 Å². The van der Waals surface area contributed by atoms with Crippen LogP contribution in [-0.2, 0) is 0 Å². The highest BCUT2D eigenvalue weighted by Gasteiger charge is 2.17. The predicted octanol–water partition coefficient (Wildman–Crippen LogP) is 3.44. The minimum absolute atomic E-state index is 0.0325. The van der Waals surface area contributed by atoms with Crippen LogP contribution in [0.15, 0.2) is 18.2 Å². The van der Waals surface area contributed by atoms with Gasteiger partial charge in [0.1, 0.15) is 10.9 Å². The van der Waals surface area contributed by atoms with Crippen molar-refractivity contribution in [2.24, 2.45) is 0 Å². The molecule has 0 bridgehead atoms. The second-order valence-electron chi connectivity index (χ2n) is 4.30. The number of rotatable bonds is 3. The molecule has 2 aromatic rings. The Morgan fingerprint density at radius 2 is 2.05 bits per heavy atom. The molecule has 0 saturated carbocycles. The van der Waals surface area contributed by atoms with E-state index in [-0.39, 0.29) is 11.3 Å². The fourth-order valence-electron chi connectivity index (χ4n) is 1.72. The number of fused-ring (bicyclic) bond motifs is 1. The van der Waals surface area contributed by atoms with Gasteiger partial charge in [0, 0.05) is 10.8 Å². The van der Waals surface area contributed by atoms with E-state index in [0.717, 1.165) is 0 Å². The van der Waals surface area contributed by atoms with E-state index >= 15 is 0 Å². The maximum absolute atomic E-state index is 10.5. The highest BCUT2D eigenvalue weighted by atomic mass is 35.5. The largest absolute Gasteiger partial charge is 0.512 e. The maximum Gasteiger partial charge on any atom is 0.512 e. The molecule has 2 N–H and O–H groups in total. The molecule has 0 aliphatic rings. The lowest BCUT2D eigenvalue weighted by Crippen LogP contribution is -2.06. The molecule has 2 rings (SSSR count). The normalized spacial score (nSPS) is 10.8. The van der Waals surface area contributed by atoms with Crippen molar-refractivity contribution in [3.63, 3.8) is 0 Å². The third-order valence-electron chi connectivity index (χ3n) is 2.43. The first-order valence-electron chi connectivity index (χ1n) is 5.78. The molecule has 0 unspecified atom stereocenters. The minimum atomic E-state index is -1.59. The molecular formula is C13H12ClNO5. The number of halogens is 1. The minimum Gasteiger partial charge on any atom is -0.503 e. The van der Waals surface area contributed by atoms with Gasteiger partial charge in [0.25, 0.3) is 5.88 Å². The Labute approximate surface area is 119 Å². The molecule has 1 aromatic carbocycles. The lowest BCUT2D eigenvalue weighted by atomic mass is 10.1. The summed E-state index contributed by atoms with van der Waals surface area (Å²) in [5.74, 6) is -0.343. The first kappa shape index (κ1) is 14.2. The van der Waals surface area contributed by atoms with Crippen LogP contribution in [0.25, 0.3) is 10.8 Å². The van der Waals surface area contributed by atoms with Crippen molar-refractivity contribution in [2.75, 3.05) is 0 Å². The van der Waals surface area contributed by atoms with Gasteiger partial charge in [-0.2, -0.15) is 4.98 Å². The molecule has 6 nitrogen and oxygen atoms in total. The van der Waals surface area contributed by atoms with Crippen LogP contribution in [0.3, 0.4) is 0 Å². The van der Waals surface area contributed by atoms with Crippen LogP contribution in [0, 0.1) is 0 Å². The highest BCUT2D eigenvalue weighted by molar-refractivity contribution is 6.34. The van der Waals surface area contributed by atoms with Crippen molar-refractivity contribution >= 4 is 28.5 Å². The number of carboxylic acid groups (broad SMARTS) is 1. The number of nitrogens with zero attached hydrogens (tertiary/aromatic N) is 1. The van der Waals surface area contributed by atoms with E-state index in [1.165, 1.54) is 0 Å².